The van der Waals surface area contributed by atoms with Crippen LogP contribution in [0.3, 0.4) is 0 Å². The van der Waals surface area contributed by atoms with E-state index in [0.29, 0.717) is 18.9 Å². The number of imide groups is 1. The lowest BCUT2D eigenvalue weighted by Crippen LogP contribution is -2.54. The Hall–Kier alpha value is -1.43. The topological polar surface area (TPSA) is 77.9 Å². The SMILES string of the molecule is CCC1CCN(C2CC(=O)N(C)C2=O)C(C(=O)O)C1. The van der Waals surface area contributed by atoms with Gasteiger partial charge in [0.2, 0.25) is 11.8 Å². The Morgan fingerprint density at radius 3 is 2.58 bits per heavy atom. The number of rotatable bonds is 3. The Labute approximate surface area is 112 Å². The largest absolute Gasteiger partial charge is 0.480 e. The van der Waals surface area contributed by atoms with Crippen LogP contribution in [0, 0.1) is 5.92 Å². The Bertz CT molecular complexity index is 409. The van der Waals surface area contributed by atoms with E-state index in [-0.39, 0.29) is 18.2 Å². The number of carboxylic acid groups (broad SMARTS) is 1. The van der Waals surface area contributed by atoms with Crippen molar-refractivity contribution in [3.8, 4) is 0 Å². The third-order valence-corrected chi connectivity index (χ3v) is 4.37. The van der Waals surface area contributed by atoms with Gasteiger partial charge in [0.05, 0.1) is 12.5 Å². The first kappa shape index (κ1) is 14.0. The fraction of sp³-hybridized carbons (Fsp3) is 0.769. The van der Waals surface area contributed by atoms with Crippen molar-refractivity contribution < 1.29 is 19.5 Å². The molecule has 3 atom stereocenters. The maximum Gasteiger partial charge on any atom is 0.320 e. The van der Waals surface area contributed by atoms with Crippen molar-refractivity contribution in [1.82, 2.24) is 9.80 Å². The Kier molecular flexibility index (Phi) is 3.89. The molecule has 2 amide bonds. The summed E-state index contributed by atoms with van der Waals surface area (Å²) in [6.45, 7) is 2.63. The lowest BCUT2D eigenvalue weighted by atomic mass is 9.87. The van der Waals surface area contributed by atoms with Crippen LogP contribution >= 0.6 is 0 Å². The van der Waals surface area contributed by atoms with Gasteiger partial charge in [0.25, 0.3) is 0 Å². The Balaban J connectivity index is 2.16. The van der Waals surface area contributed by atoms with Gasteiger partial charge < -0.3 is 5.11 Å². The number of amides is 2. The van der Waals surface area contributed by atoms with Gasteiger partial charge >= 0.3 is 5.97 Å². The van der Waals surface area contributed by atoms with Crippen LogP contribution in [-0.4, -0.2) is 58.4 Å². The van der Waals surface area contributed by atoms with Crippen molar-refractivity contribution >= 4 is 17.8 Å². The molecule has 19 heavy (non-hydrogen) atoms. The Morgan fingerprint density at radius 1 is 1.42 bits per heavy atom. The molecule has 106 valence electrons. The number of piperidine rings is 1. The predicted octanol–water partition coefficient (Wildman–Crippen LogP) is 0.319. The lowest BCUT2D eigenvalue weighted by molar-refractivity contribution is -0.148. The second kappa shape index (κ2) is 5.28. The molecule has 0 aliphatic carbocycles. The fourth-order valence-corrected chi connectivity index (χ4v) is 3.04. The average Bonchev–Trinajstić information content (AvgIpc) is 2.65. The van der Waals surface area contributed by atoms with E-state index in [2.05, 4.69) is 6.92 Å². The van der Waals surface area contributed by atoms with E-state index in [9.17, 15) is 19.5 Å². The van der Waals surface area contributed by atoms with E-state index >= 15 is 0 Å². The lowest BCUT2D eigenvalue weighted by Gasteiger charge is -2.39. The van der Waals surface area contributed by atoms with Crippen LogP contribution in [0.1, 0.15) is 32.6 Å². The quantitative estimate of drug-likeness (QED) is 0.746. The third-order valence-electron chi connectivity index (χ3n) is 4.37. The van der Waals surface area contributed by atoms with Gasteiger partial charge in [-0.2, -0.15) is 0 Å². The van der Waals surface area contributed by atoms with Gasteiger partial charge in [-0.15, -0.1) is 0 Å². The molecule has 1 N–H and O–H groups in total. The molecule has 2 rings (SSSR count). The van der Waals surface area contributed by atoms with E-state index in [1.165, 1.54) is 7.05 Å². The number of aliphatic carboxylic acids is 1. The third kappa shape index (κ3) is 2.49. The summed E-state index contributed by atoms with van der Waals surface area (Å²) in [5.74, 6) is -1.00. The first-order valence-electron chi connectivity index (χ1n) is 6.74. The van der Waals surface area contributed by atoms with E-state index in [1.807, 2.05) is 0 Å². The fourth-order valence-electron chi connectivity index (χ4n) is 3.04. The van der Waals surface area contributed by atoms with Gasteiger partial charge in [-0.3, -0.25) is 24.2 Å². The van der Waals surface area contributed by atoms with Crippen LogP contribution < -0.4 is 0 Å². The summed E-state index contributed by atoms with van der Waals surface area (Å²) < 4.78 is 0. The van der Waals surface area contributed by atoms with Gasteiger partial charge in [0.15, 0.2) is 0 Å². The van der Waals surface area contributed by atoms with Crippen molar-refractivity contribution in [2.24, 2.45) is 5.92 Å². The molecule has 6 heteroatoms. The highest BCUT2D eigenvalue weighted by molar-refractivity contribution is 6.05. The zero-order valence-electron chi connectivity index (χ0n) is 11.3. The number of nitrogens with zero attached hydrogens (tertiary/aromatic N) is 2. The second-order valence-electron chi connectivity index (χ2n) is 5.40. The van der Waals surface area contributed by atoms with Crippen LogP contribution in [0.25, 0.3) is 0 Å². The summed E-state index contributed by atoms with van der Waals surface area (Å²) in [5, 5.41) is 9.35. The monoisotopic (exact) mass is 268 g/mol. The van der Waals surface area contributed by atoms with Gasteiger partial charge in [0.1, 0.15) is 6.04 Å². The highest BCUT2D eigenvalue weighted by Crippen LogP contribution is 2.30. The van der Waals surface area contributed by atoms with E-state index in [4.69, 9.17) is 0 Å². The van der Waals surface area contributed by atoms with Crippen molar-refractivity contribution in [2.75, 3.05) is 13.6 Å². The number of carbonyl (C=O) groups is 3. The molecule has 0 saturated carbocycles. The maximum absolute atomic E-state index is 12.0. The highest BCUT2D eigenvalue weighted by Gasteiger charge is 2.45. The number of likely N-dealkylation sites (N-methyl/N-ethyl adjacent to an activating group) is 1. The molecule has 0 bridgehead atoms. The molecule has 0 spiro atoms. The number of hydrogen-bond acceptors (Lipinski definition) is 4. The normalized spacial score (nSPS) is 32.9. The van der Waals surface area contributed by atoms with Crippen LogP contribution in [0.2, 0.25) is 0 Å². The molecular formula is C13H20N2O4. The summed E-state index contributed by atoms with van der Waals surface area (Å²) in [6.07, 6.45) is 2.51. The van der Waals surface area contributed by atoms with Crippen molar-refractivity contribution in [1.29, 1.82) is 0 Å². The second-order valence-corrected chi connectivity index (χ2v) is 5.40. The number of hydrogen-bond donors (Lipinski definition) is 1. The zero-order valence-corrected chi connectivity index (χ0v) is 11.3. The van der Waals surface area contributed by atoms with Crippen LogP contribution in [0.4, 0.5) is 0 Å². The minimum absolute atomic E-state index is 0.107. The van der Waals surface area contributed by atoms with Gasteiger partial charge in [-0.25, -0.2) is 0 Å². The van der Waals surface area contributed by atoms with E-state index in [1.54, 1.807) is 4.90 Å². The van der Waals surface area contributed by atoms with Gasteiger partial charge in [-0.05, 0) is 18.8 Å². The molecule has 2 aliphatic rings. The maximum atomic E-state index is 12.0. The molecule has 0 aromatic carbocycles. The molecular weight excluding hydrogens is 248 g/mol. The molecule has 3 unspecified atom stereocenters. The molecule has 0 radical (unpaired) electrons. The number of likely N-dealkylation sites (tertiary alicyclic amines) is 2. The molecule has 6 nitrogen and oxygen atoms in total. The summed E-state index contributed by atoms with van der Waals surface area (Å²) in [4.78, 5) is 37.8. The average molecular weight is 268 g/mol. The molecule has 2 heterocycles. The molecule has 2 fully saturated rings. The summed E-state index contributed by atoms with van der Waals surface area (Å²) in [5.41, 5.74) is 0. The number of carboxylic acids is 1. The molecule has 2 aliphatic heterocycles. The molecule has 2 saturated heterocycles. The predicted molar refractivity (Wildman–Crippen MR) is 67.3 cm³/mol. The zero-order chi connectivity index (χ0) is 14.2. The standard InChI is InChI=1S/C13H20N2O4/c1-3-8-4-5-15(10(6-8)13(18)19)9-7-11(16)14(2)12(9)17/h8-10H,3-7H2,1-2H3,(H,18,19). The van der Waals surface area contributed by atoms with Crippen molar-refractivity contribution in [3.05, 3.63) is 0 Å². The summed E-state index contributed by atoms with van der Waals surface area (Å²) >= 11 is 0. The van der Waals surface area contributed by atoms with Gasteiger partial charge in [-0.1, -0.05) is 13.3 Å². The van der Waals surface area contributed by atoms with Gasteiger partial charge in [0, 0.05) is 13.6 Å². The van der Waals surface area contributed by atoms with E-state index < -0.39 is 18.1 Å². The Morgan fingerprint density at radius 2 is 2.11 bits per heavy atom. The van der Waals surface area contributed by atoms with Crippen molar-refractivity contribution in [3.63, 3.8) is 0 Å². The highest BCUT2D eigenvalue weighted by atomic mass is 16.4. The first-order chi connectivity index (χ1) is 8.95. The van der Waals surface area contributed by atoms with E-state index in [0.717, 1.165) is 17.7 Å². The molecule has 0 aromatic heterocycles. The minimum atomic E-state index is -0.895. The smallest absolute Gasteiger partial charge is 0.320 e. The summed E-state index contributed by atoms with van der Waals surface area (Å²) in [7, 11) is 1.46. The van der Waals surface area contributed by atoms with Crippen LogP contribution in [0.5, 0.6) is 0 Å². The minimum Gasteiger partial charge on any atom is -0.480 e. The van der Waals surface area contributed by atoms with Crippen LogP contribution in [-0.2, 0) is 14.4 Å². The number of carbonyl (C=O) groups excluding carboxylic acids is 2. The van der Waals surface area contributed by atoms with Crippen LogP contribution in [0.15, 0.2) is 0 Å². The summed E-state index contributed by atoms with van der Waals surface area (Å²) in [6, 6.07) is -1.23. The molecule has 0 aromatic rings. The van der Waals surface area contributed by atoms with Crippen molar-refractivity contribution in [2.45, 2.75) is 44.7 Å². The first-order valence-corrected chi connectivity index (χ1v) is 6.74.